The minimum Gasteiger partial charge on any atom is -0.494 e. The van der Waals surface area contributed by atoms with Crippen molar-refractivity contribution in [3.8, 4) is 5.75 Å². The van der Waals surface area contributed by atoms with Crippen molar-refractivity contribution in [1.82, 2.24) is 4.98 Å². The van der Waals surface area contributed by atoms with Crippen molar-refractivity contribution in [1.29, 1.82) is 0 Å². The lowest BCUT2D eigenvalue weighted by atomic mass is 9.89. The molecule has 0 fully saturated rings. The van der Waals surface area contributed by atoms with Crippen molar-refractivity contribution in [2.75, 3.05) is 13.2 Å². The Morgan fingerprint density at radius 1 is 1.05 bits per heavy atom. The fourth-order valence-corrected chi connectivity index (χ4v) is 2.25. The summed E-state index contributed by atoms with van der Waals surface area (Å²) in [6, 6.07) is 12.4. The van der Waals surface area contributed by atoms with E-state index in [2.05, 4.69) is 29.2 Å². The molecule has 0 radical (unpaired) electrons. The van der Waals surface area contributed by atoms with E-state index in [1.54, 1.807) is 0 Å². The summed E-state index contributed by atoms with van der Waals surface area (Å²) in [4.78, 5) is 4.07. The Morgan fingerprint density at radius 3 is 2.26 bits per heavy atom. The molecule has 1 aromatic heterocycles. The Kier molecular flexibility index (Phi) is 4.93. The number of rotatable bonds is 6. The molecule has 0 saturated carbocycles. The van der Waals surface area contributed by atoms with Gasteiger partial charge in [-0.1, -0.05) is 12.1 Å². The van der Waals surface area contributed by atoms with Crippen LogP contribution in [0.25, 0.3) is 0 Å². The molecule has 0 aliphatic rings. The highest BCUT2D eigenvalue weighted by atomic mass is 16.5. The fourth-order valence-electron chi connectivity index (χ4n) is 2.25. The van der Waals surface area contributed by atoms with Crippen LogP contribution in [-0.4, -0.2) is 18.1 Å². The molecule has 3 nitrogen and oxygen atoms in total. The number of nitrogens with zero attached hydrogens (tertiary/aromatic N) is 1. The van der Waals surface area contributed by atoms with Crippen LogP contribution < -0.4 is 10.5 Å². The summed E-state index contributed by atoms with van der Waals surface area (Å²) in [7, 11) is 0. The Bertz CT molecular complexity index is 482. The monoisotopic (exact) mass is 256 g/mol. The minimum atomic E-state index is 0.323. The van der Waals surface area contributed by atoms with Crippen LogP contribution in [0, 0.1) is 0 Å². The second-order valence-electron chi connectivity index (χ2n) is 4.41. The summed E-state index contributed by atoms with van der Waals surface area (Å²) in [5.74, 6) is 1.23. The van der Waals surface area contributed by atoms with Gasteiger partial charge >= 0.3 is 0 Å². The van der Waals surface area contributed by atoms with Crippen molar-refractivity contribution in [2.24, 2.45) is 5.73 Å². The van der Waals surface area contributed by atoms with Gasteiger partial charge in [0.25, 0.3) is 0 Å². The molecule has 0 saturated heterocycles. The second kappa shape index (κ2) is 6.90. The average molecular weight is 256 g/mol. The summed E-state index contributed by atoms with van der Waals surface area (Å²) < 4.78 is 5.47. The molecule has 100 valence electrons. The third-order valence-corrected chi connectivity index (χ3v) is 3.16. The topological polar surface area (TPSA) is 48.1 Å². The van der Waals surface area contributed by atoms with Crippen LogP contribution in [0.1, 0.15) is 30.4 Å². The maximum atomic E-state index is 5.74. The molecule has 2 rings (SSSR count). The van der Waals surface area contributed by atoms with E-state index < -0.39 is 0 Å². The zero-order valence-electron chi connectivity index (χ0n) is 11.3. The molecule has 2 N–H and O–H groups in total. The van der Waals surface area contributed by atoms with Gasteiger partial charge in [0.15, 0.2) is 0 Å². The van der Waals surface area contributed by atoms with Crippen LogP contribution in [0.5, 0.6) is 5.75 Å². The van der Waals surface area contributed by atoms with Gasteiger partial charge in [-0.3, -0.25) is 4.98 Å². The van der Waals surface area contributed by atoms with Crippen LogP contribution in [0.15, 0.2) is 48.8 Å². The van der Waals surface area contributed by atoms with Gasteiger partial charge in [0, 0.05) is 18.3 Å². The third-order valence-electron chi connectivity index (χ3n) is 3.16. The normalized spacial score (nSPS) is 12.1. The van der Waals surface area contributed by atoms with E-state index in [0.29, 0.717) is 19.1 Å². The molecule has 2 aromatic rings. The number of benzene rings is 1. The molecule has 0 spiro atoms. The molecule has 0 aliphatic carbocycles. The van der Waals surface area contributed by atoms with Gasteiger partial charge in [-0.15, -0.1) is 0 Å². The quantitative estimate of drug-likeness (QED) is 0.864. The van der Waals surface area contributed by atoms with E-state index in [1.807, 2.05) is 31.5 Å². The summed E-state index contributed by atoms with van der Waals surface area (Å²) in [6.07, 6.45) is 4.58. The van der Waals surface area contributed by atoms with Crippen molar-refractivity contribution in [3.05, 3.63) is 59.9 Å². The van der Waals surface area contributed by atoms with Crippen LogP contribution in [0.4, 0.5) is 0 Å². The Balaban J connectivity index is 2.24. The first kappa shape index (κ1) is 13.6. The predicted molar refractivity (Wildman–Crippen MR) is 77.4 cm³/mol. The highest BCUT2D eigenvalue weighted by Gasteiger charge is 2.13. The standard InChI is InChI=1S/C16H20N2O/c1-2-19-15-5-3-13(4-6-15)16(7-10-17)14-8-11-18-12-9-14/h3-6,8-9,11-12,16H,2,7,10,17H2,1H3. The maximum Gasteiger partial charge on any atom is 0.119 e. The molecule has 0 aliphatic heterocycles. The maximum absolute atomic E-state index is 5.74. The van der Waals surface area contributed by atoms with Gasteiger partial charge in [-0.2, -0.15) is 0 Å². The highest BCUT2D eigenvalue weighted by molar-refractivity contribution is 5.35. The van der Waals surface area contributed by atoms with E-state index in [1.165, 1.54) is 11.1 Å². The minimum absolute atomic E-state index is 0.323. The van der Waals surface area contributed by atoms with Crippen LogP contribution in [-0.2, 0) is 0 Å². The highest BCUT2D eigenvalue weighted by Crippen LogP contribution is 2.28. The number of aromatic nitrogens is 1. The third kappa shape index (κ3) is 3.55. The zero-order chi connectivity index (χ0) is 13.5. The molecule has 1 aromatic carbocycles. The molecule has 19 heavy (non-hydrogen) atoms. The van der Waals surface area contributed by atoms with E-state index in [0.717, 1.165) is 12.2 Å². The summed E-state index contributed by atoms with van der Waals surface area (Å²) in [5, 5.41) is 0. The molecule has 1 atom stereocenters. The number of hydrogen-bond donors (Lipinski definition) is 1. The molecule has 1 heterocycles. The van der Waals surface area contributed by atoms with Crippen molar-refractivity contribution in [2.45, 2.75) is 19.3 Å². The molecule has 3 heteroatoms. The smallest absolute Gasteiger partial charge is 0.119 e. The number of hydrogen-bond acceptors (Lipinski definition) is 3. The molecule has 1 unspecified atom stereocenters. The first-order valence-corrected chi connectivity index (χ1v) is 6.68. The van der Waals surface area contributed by atoms with Crippen molar-refractivity contribution in [3.63, 3.8) is 0 Å². The SMILES string of the molecule is CCOc1ccc(C(CCN)c2ccncc2)cc1. The lowest BCUT2D eigenvalue weighted by Gasteiger charge is -2.17. The average Bonchev–Trinajstić information content (AvgIpc) is 2.47. The number of pyridine rings is 1. The molecular formula is C16H20N2O. The summed E-state index contributed by atoms with van der Waals surface area (Å²) in [5.41, 5.74) is 8.26. The molecule has 0 bridgehead atoms. The lowest BCUT2D eigenvalue weighted by Crippen LogP contribution is -2.09. The van der Waals surface area contributed by atoms with Crippen molar-refractivity contribution < 1.29 is 4.74 Å². The largest absolute Gasteiger partial charge is 0.494 e. The Morgan fingerprint density at radius 2 is 1.68 bits per heavy atom. The lowest BCUT2D eigenvalue weighted by molar-refractivity contribution is 0.340. The fraction of sp³-hybridized carbons (Fsp3) is 0.312. The Labute approximate surface area is 114 Å². The van der Waals surface area contributed by atoms with Crippen LogP contribution in [0.3, 0.4) is 0 Å². The first-order valence-electron chi connectivity index (χ1n) is 6.68. The van der Waals surface area contributed by atoms with Crippen molar-refractivity contribution >= 4 is 0 Å². The summed E-state index contributed by atoms with van der Waals surface area (Å²) in [6.45, 7) is 3.35. The van der Waals surface area contributed by atoms with E-state index >= 15 is 0 Å². The van der Waals surface area contributed by atoms with Gasteiger partial charge in [0.05, 0.1) is 6.61 Å². The summed E-state index contributed by atoms with van der Waals surface area (Å²) >= 11 is 0. The van der Waals surface area contributed by atoms with Gasteiger partial charge < -0.3 is 10.5 Å². The van der Waals surface area contributed by atoms with Gasteiger partial charge in [0.1, 0.15) is 5.75 Å². The Hall–Kier alpha value is -1.87. The number of ether oxygens (including phenoxy) is 1. The van der Waals surface area contributed by atoms with Gasteiger partial charge in [-0.25, -0.2) is 0 Å². The van der Waals surface area contributed by atoms with Crippen LogP contribution in [0.2, 0.25) is 0 Å². The number of nitrogens with two attached hydrogens (primary N) is 1. The second-order valence-corrected chi connectivity index (χ2v) is 4.41. The van der Waals surface area contributed by atoms with Gasteiger partial charge in [0.2, 0.25) is 0 Å². The predicted octanol–water partition coefficient (Wildman–Crippen LogP) is 2.96. The zero-order valence-corrected chi connectivity index (χ0v) is 11.3. The van der Waals surface area contributed by atoms with E-state index in [9.17, 15) is 0 Å². The molecular weight excluding hydrogens is 236 g/mol. The molecule has 0 amide bonds. The van der Waals surface area contributed by atoms with Gasteiger partial charge in [-0.05, 0) is 55.3 Å². The van der Waals surface area contributed by atoms with E-state index in [-0.39, 0.29) is 0 Å². The van der Waals surface area contributed by atoms with Crippen LogP contribution >= 0.6 is 0 Å². The van der Waals surface area contributed by atoms with E-state index in [4.69, 9.17) is 10.5 Å². The first-order chi connectivity index (χ1) is 9.35.